The standard InChI is InChI=1S/C24H27NO/c1-2-12-23(26)13-14-24(16-18-6-4-3-5-7-18)20(17-23)9-8-19-15-21(25)10-11-22(19)24/h3-7,10-11,15,20,26H,8-9,13-14,16-17,25H2,1H3/t20-,23-,24+/m1/s1. The van der Waals surface area contributed by atoms with Crippen molar-refractivity contribution in [1.82, 2.24) is 0 Å². The number of rotatable bonds is 2. The van der Waals surface area contributed by atoms with Crippen molar-refractivity contribution >= 4 is 5.69 Å². The van der Waals surface area contributed by atoms with Gasteiger partial charge in [-0.3, -0.25) is 0 Å². The molecule has 1 saturated carbocycles. The maximum atomic E-state index is 11.0. The van der Waals surface area contributed by atoms with Crippen LogP contribution in [-0.2, 0) is 18.3 Å². The average molecular weight is 345 g/mol. The summed E-state index contributed by atoms with van der Waals surface area (Å²) in [5, 5.41) is 11.0. The molecule has 2 nitrogen and oxygen atoms in total. The molecule has 1 fully saturated rings. The average Bonchev–Trinajstić information content (AvgIpc) is 2.63. The predicted octanol–water partition coefficient (Wildman–Crippen LogP) is 4.25. The summed E-state index contributed by atoms with van der Waals surface area (Å²) >= 11 is 0. The second-order valence-corrected chi connectivity index (χ2v) is 8.08. The lowest BCUT2D eigenvalue weighted by molar-refractivity contribution is -0.00800. The topological polar surface area (TPSA) is 46.2 Å². The highest BCUT2D eigenvalue weighted by molar-refractivity contribution is 5.50. The summed E-state index contributed by atoms with van der Waals surface area (Å²) in [6, 6.07) is 17.2. The summed E-state index contributed by atoms with van der Waals surface area (Å²) in [6.07, 6.45) is 5.62. The smallest absolute Gasteiger partial charge is 0.125 e. The van der Waals surface area contributed by atoms with Gasteiger partial charge in [0.15, 0.2) is 0 Å². The Morgan fingerprint density at radius 1 is 1.15 bits per heavy atom. The van der Waals surface area contributed by atoms with E-state index in [1.54, 1.807) is 0 Å². The highest BCUT2D eigenvalue weighted by Crippen LogP contribution is 2.54. The van der Waals surface area contributed by atoms with Crippen LogP contribution in [0.2, 0.25) is 0 Å². The third-order valence-corrected chi connectivity index (χ3v) is 6.50. The van der Waals surface area contributed by atoms with Crippen LogP contribution in [0.5, 0.6) is 0 Å². The molecule has 0 amide bonds. The molecule has 0 spiro atoms. The summed E-state index contributed by atoms with van der Waals surface area (Å²) in [4.78, 5) is 0. The van der Waals surface area contributed by atoms with Crippen LogP contribution in [0.1, 0.15) is 49.3 Å². The first-order valence-corrected chi connectivity index (χ1v) is 9.64. The Hall–Kier alpha value is -2.24. The van der Waals surface area contributed by atoms with E-state index in [9.17, 15) is 5.11 Å². The van der Waals surface area contributed by atoms with Crippen molar-refractivity contribution in [3.63, 3.8) is 0 Å². The molecule has 2 aromatic rings. The van der Waals surface area contributed by atoms with E-state index < -0.39 is 5.60 Å². The molecule has 2 heteroatoms. The largest absolute Gasteiger partial charge is 0.399 e. The van der Waals surface area contributed by atoms with Crippen LogP contribution in [0.15, 0.2) is 48.5 Å². The molecule has 0 aromatic heterocycles. The van der Waals surface area contributed by atoms with E-state index in [0.717, 1.165) is 44.2 Å². The van der Waals surface area contributed by atoms with Crippen LogP contribution in [0.3, 0.4) is 0 Å². The number of anilines is 1. The van der Waals surface area contributed by atoms with Gasteiger partial charge in [0.25, 0.3) is 0 Å². The molecular weight excluding hydrogens is 318 g/mol. The zero-order valence-corrected chi connectivity index (χ0v) is 15.5. The fourth-order valence-electron chi connectivity index (χ4n) is 5.34. The van der Waals surface area contributed by atoms with Gasteiger partial charge in [-0.1, -0.05) is 42.3 Å². The van der Waals surface area contributed by atoms with Crippen molar-refractivity contribution in [3.8, 4) is 11.8 Å². The minimum absolute atomic E-state index is 0.0737. The number of hydrogen-bond acceptors (Lipinski definition) is 2. The summed E-state index contributed by atoms with van der Waals surface area (Å²) in [5.41, 5.74) is 10.4. The van der Waals surface area contributed by atoms with Crippen LogP contribution >= 0.6 is 0 Å². The summed E-state index contributed by atoms with van der Waals surface area (Å²) in [7, 11) is 0. The van der Waals surface area contributed by atoms with Crippen molar-refractivity contribution in [3.05, 3.63) is 65.2 Å². The molecule has 0 saturated heterocycles. The number of aryl methyl sites for hydroxylation is 1. The van der Waals surface area contributed by atoms with Crippen LogP contribution in [0.4, 0.5) is 5.69 Å². The molecule has 0 aliphatic heterocycles. The number of benzene rings is 2. The number of hydrogen-bond donors (Lipinski definition) is 2. The number of nitrogens with two attached hydrogens (primary N) is 1. The van der Waals surface area contributed by atoms with Crippen molar-refractivity contribution in [1.29, 1.82) is 0 Å². The van der Waals surface area contributed by atoms with Crippen LogP contribution in [0, 0.1) is 17.8 Å². The zero-order chi connectivity index (χ0) is 18.2. The Balaban J connectivity index is 1.79. The number of nitrogen functional groups attached to an aromatic ring is 1. The summed E-state index contributed by atoms with van der Waals surface area (Å²) < 4.78 is 0. The molecule has 4 rings (SSSR count). The molecule has 0 heterocycles. The van der Waals surface area contributed by atoms with E-state index in [-0.39, 0.29) is 5.41 Å². The van der Waals surface area contributed by atoms with Gasteiger partial charge in [-0.25, -0.2) is 0 Å². The summed E-state index contributed by atoms with van der Waals surface area (Å²) in [5.74, 6) is 6.48. The SMILES string of the molecule is CC#C[C@@]1(O)CC[C@@]2(Cc3ccccc3)c3ccc(N)cc3CC[C@@H]2C1. The van der Waals surface area contributed by atoms with Crippen LogP contribution in [0.25, 0.3) is 0 Å². The minimum atomic E-state index is -0.828. The Kier molecular flexibility index (Phi) is 4.29. The number of aliphatic hydroxyl groups is 1. The lowest BCUT2D eigenvalue weighted by Crippen LogP contribution is -2.50. The fraction of sp³-hybridized carbons (Fsp3) is 0.417. The van der Waals surface area contributed by atoms with E-state index in [0.29, 0.717) is 5.92 Å². The van der Waals surface area contributed by atoms with Gasteiger partial charge in [-0.2, -0.15) is 0 Å². The van der Waals surface area contributed by atoms with Gasteiger partial charge in [0.05, 0.1) is 0 Å². The highest BCUT2D eigenvalue weighted by Gasteiger charge is 2.51. The molecule has 3 atom stereocenters. The van der Waals surface area contributed by atoms with Gasteiger partial charge >= 0.3 is 0 Å². The van der Waals surface area contributed by atoms with E-state index in [1.165, 1.54) is 16.7 Å². The van der Waals surface area contributed by atoms with Crippen molar-refractivity contribution < 1.29 is 5.11 Å². The molecule has 134 valence electrons. The van der Waals surface area contributed by atoms with Gasteiger partial charge in [0.2, 0.25) is 0 Å². The first-order valence-electron chi connectivity index (χ1n) is 9.64. The predicted molar refractivity (Wildman–Crippen MR) is 107 cm³/mol. The van der Waals surface area contributed by atoms with Crippen molar-refractivity contribution in [2.45, 2.75) is 56.5 Å². The molecule has 2 aliphatic carbocycles. The normalized spacial score (nSPS) is 29.8. The van der Waals surface area contributed by atoms with Crippen LogP contribution in [-0.4, -0.2) is 10.7 Å². The number of fused-ring (bicyclic) bond motifs is 3. The van der Waals surface area contributed by atoms with Gasteiger partial charge in [0.1, 0.15) is 5.60 Å². The molecule has 2 aromatic carbocycles. The zero-order valence-electron chi connectivity index (χ0n) is 15.5. The minimum Gasteiger partial charge on any atom is -0.399 e. The van der Waals surface area contributed by atoms with Crippen molar-refractivity contribution in [2.24, 2.45) is 5.92 Å². The van der Waals surface area contributed by atoms with E-state index >= 15 is 0 Å². The van der Waals surface area contributed by atoms with Gasteiger partial charge in [-0.05, 0) is 80.2 Å². The first kappa shape index (κ1) is 17.2. The molecule has 0 bridgehead atoms. The van der Waals surface area contributed by atoms with E-state index in [4.69, 9.17) is 5.73 Å². The molecule has 0 unspecified atom stereocenters. The third-order valence-electron chi connectivity index (χ3n) is 6.50. The molecular formula is C24H27NO. The second-order valence-electron chi connectivity index (χ2n) is 8.08. The quantitative estimate of drug-likeness (QED) is 0.631. The Morgan fingerprint density at radius 3 is 2.73 bits per heavy atom. The van der Waals surface area contributed by atoms with Gasteiger partial charge in [0, 0.05) is 11.1 Å². The highest BCUT2D eigenvalue weighted by atomic mass is 16.3. The Bertz CT molecular complexity index is 863. The van der Waals surface area contributed by atoms with E-state index in [1.807, 2.05) is 13.0 Å². The van der Waals surface area contributed by atoms with Crippen LogP contribution < -0.4 is 5.73 Å². The van der Waals surface area contributed by atoms with E-state index in [2.05, 4.69) is 54.3 Å². The molecule has 0 radical (unpaired) electrons. The first-order chi connectivity index (χ1) is 12.5. The Labute approximate surface area is 156 Å². The second kappa shape index (κ2) is 6.49. The monoisotopic (exact) mass is 345 g/mol. The maximum absolute atomic E-state index is 11.0. The Morgan fingerprint density at radius 2 is 1.96 bits per heavy atom. The van der Waals surface area contributed by atoms with Gasteiger partial charge < -0.3 is 10.8 Å². The fourth-order valence-corrected chi connectivity index (χ4v) is 5.34. The van der Waals surface area contributed by atoms with Crippen molar-refractivity contribution in [2.75, 3.05) is 5.73 Å². The maximum Gasteiger partial charge on any atom is 0.125 e. The lowest BCUT2D eigenvalue weighted by atomic mass is 9.52. The third kappa shape index (κ3) is 2.91. The molecule has 2 aliphatic rings. The lowest BCUT2D eigenvalue weighted by Gasteiger charge is -2.52. The molecule has 26 heavy (non-hydrogen) atoms. The van der Waals surface area contributed by atoms with Gasteiger partial charge in [-0.15, -0.1) is 5.92 Å². The molecule has 3 N–H and O–H groups in total. The summed E-state index contributed by atoms with van der Waals surface area (Å²) in [6.45, 7) is 1.82.